The molecular weight excluding hydrogens is 458 g/mol. The molecule has 1 saturated heterocycles. The van der Waals surface area contributed by atoms with Gasteiger partial charge < -0.3 is 23.9 Å². The fourth-order valence-corrected chi connectivity index (χ4v) is 4.79. The maximum atomic E-state index is 13.3. The molecule has 1 aromatic heterocycles. The summed E-state index contributed by atoms with van der Waals surface area (Å²) < 4.78 is 17.1. The molecule has 3 heterocycles. The third-order valence-electron chi connectivity index (χ3n) is 6.56. The molecule has 1 amide bonds. The van der Waals surface area contributed by atoms with Crippen LogP contribution in [0.2, 0.25) is 0 Å². The van der Waals surface area contributed by atoms with Gasteiger partial charge in [-0.05, 0) is 66.9 Å². The Morgan fingerprint density at radius 3 is 2.78 bits per heavy atom. The van der Waals surface area contributed by atoms with Crippen molar-refractivity contribution in [2.24, 2.45) is 0 Å². The second-order valence-corrected chi connectivity index (χ2v) is 9.24. The summed E-state index contributed by atoms with van der Waals surface area (Å²) >= 11 is 0. The van der Waals surface area contributed by atoms with E-state index in [0.717, 1.165) is 24.2 Å². The Morgan fingerprint density at radius 2 is 2.00 bits per heavy atom. The third kappa shape index (κ3) is 4.49. The maximum absolute atomic E-state index is 13.3. The molecule has 186 valence electrons. The Hall–Kier alpha value is -4.00. The predicted molar refractivity (Wildman–Crippen MR) is 134 cm³/mol. The quantitative estimate of drug-likeness (QED) is 0.198. The molecule has 2 aromatic carbocycles. The lowest BCUT2D eigenvalue weighted by molar-refractivity contribution is -0.140. The molecule has 1 fully saturated rings. The zero-order valence-electron chi connectivity index (χ0n) is 20.4. The van der Waals surface area contributed by atoms with E-state index in [4.69, 9.17) is 13.9 Å². The molecule has 5 rings (SSSR count). The van der Waals surface area contributed by atoms with Crippen molar-refractivity contribution in [3.8, 4) is 11.5 Å². The average Bonchev–Trinajstić information content (AvgIpc) is 3.58. The number of fused-ring (bicyclic) bond motifs is 1. The van der Waals surface area contributed by atoms with Gasteiger partial charge in [0.05, 0.1) is 31.0 Å². The molecule has 7 nitrogen and oxygen atoms in total. The number of unbranched alkanes of at least 4 members (excludes halogenated alkanes) is 1. The van der Waals surface area contributed by atoms with Crippen molar-refractivity contribution in [1.29, 1.82) is 0 Å². The van der Waals surface area contributed by atoms with Crippen molar-refractivity contribution in [2.75, 3.05) is 6.61 Å². The number of hydrogen-bond donors (Lipinski definition) is 1. The Morgan fingerprint density at radius 1 is 1.14 bits per heavy atom. The number of nitrogens with zero attached hydrogens (tertiary/aromatic N) is 1. The van der Waals surface area contributed by atoms with Crippen LogP contribution in [-0.2, 0) is 22.6 Å². The van der Waals surface area contributed by atoms with Crippen molar-refractivity contribution in [1.82, 2.24) is 4.90 Å². The largest absolute Gasteiger partial charge is 0.507 e. The highest BCUT2D eigenvalue weighted by Crippen LogP contribution is 2.42. The van der Waals surface area contributed by atoms with Crippen molar-refractivity contribution in [3.63, 3.8) is 0 Å². The van der Waals surface area contributed by atoms with Crippen LogP contribution in [0.4, 0.5) is 0 Å². The van der Waals surface area contributed by atoms with Crippen molar-refractivity contribution in [3.05, 3.63) is 88.9 Å². The third-order valence-corrected chi connectivity index (χ3v) is 6.56. The first-order valence-corrected chi connectivity index (χ1v) is 12.3. The normalized spacial score (nSPS) is 20.4. The van der Waals surface area contributed by atoms with Crippen LogP contribution in [0.15, 0.2) is 70.9 Å². The fourth-order valence-electron chi connectivity index (χ4n) is 4.79. The van der Waals surface area contributed by atoms with Gasteiger partial charge in [0, 0.05) is 12.0 Å². The molecule has 0 saturated carbocycles. The monoisotopic (exact) mass is 487 g/mol. The van der Waals surface area contributed by atoms with Gasteiger partial charge in [-0.15, -0.1) is 0 Å². The molecule has 2 aliphatic rings. The maximum Gasteiger partial charge on any atom is 0.296 e. The van der Waals surface area contributed by atoms with E-state index in [1.165, 1.54) is 11.2 Å². The van der Waals surface area contributed by atoms with Gasteiger partial charge in [0.15, 0.2) is 0 Å². The SMILES string of the molecule is CCCCOc1cccc(C2/C(=C(/O)c3ccc4c(c3)CC(C)O4)C(=O)C(=O)N2Cc2ccco2)c1. The number of furan rings is 1. The van der Waals surface area contributed by atoms with Crippen LogP contribution in [0.25, 0.3) is 5.76 Å². The number of ether oxygens (including phenoxy) is 2. The number of ketones is 1. The lowest BCUT2D eigenvalue weighted by atomic mass is 9.94. The van der Waals surface area contributed by atoms with Gasteiger partial charge in [-0.2, -0.15) is 0 Å². The van der Waals surface area contributed by atoms with Crippen LogP contribution in [0.3, 0.4) is 0 Å². The molecule has 36 heavy (non-hydrogen) atoms. The molecule has 2 aliphatic heterocycles. The molecule has 0 radical (unpaired) electrons. The minimum absolute atomic E-state index is 0.0455. The lowest BCUT2D eigenvalue weighted by Crippen LogP contribution is -2.29. The number of aliphatic hydroxyl groups is 1. The summed E-state index contributed by atoms with van der Waals surface area (Å²) in [7, 11) is 0. The molecule has 0 spiro atoms. The standard InChI is InChI=1S/C29H29NO6/c1-3-4-12-34-22-8-5-7-19(16-22)26-25(28(32)29(33)30(26)17-23-9-6-13-35-23)27(31)20-10-11-24-21(15-20)14-18(2)36-24/h5-11,13,15-16,18,26,31H,3-4,12,14,17H2,1-2H3/b27-25-. The van der Waals surface area contributed by atoms with E-state index in [1.54, 1.807) is 24.3 Å². The zero-order valence-corrected chi connectivity index (χ0v) is 20.4. The smallest absolute Gasteiger partial charge is 0.296 e. The number of carbonyl (C=O) groups excluding carboxylic acids is 2. The van der Waals surface area contributed by atoms with E-state index in [0.29, 0.717) is 35.7 Å². The van der Waals surface area contributed by atoms with Crippen molar-refractivity contribution < 1.29 is 28.6 Å². The number of benzene rings is 2. The van der Waals surface area contributed by atoms with Crippen LogP contribution in [0.5, 0.6) is 11.5 Å². The van der Waals surface area contributed by atoms with Gasteiger partial charge >= 0.3 is 0 Å². The topological polar surface area (TPSA) is 89.2 Å². The molecule has 2 atom stereocenters. The van der Waals surface area contributed by atoms with Crippen LogP contribution >= 0.6 is 0 Å². The van der Waals surface area contributed by atoms with Gasteiger partial charge in [0.25, 0.3) is 11.7 Å². The number of carbonyl (C=O) groups is 2. The molecule has 0 aliphatic carbocycles. The summed E-state index contributed by atoms with van der Waals surface area (Å²) in [5, 5.41) is 11.4. The number of Topliss-reactive ketones (excluding diaryl/α,β-unsaturated/α-hetero) is 1. The summed E-state index contributed by atoms with van der Waals surface area (Å²) in [6.07, 6.45) is 4.21. The van der Waals surface area contributed by atoms with Crippen LogP contribution in [-0.4, -0.2) is 34.4 Å². The second kappa shape index (κ2) is 9.93. The molecule has 3 aromatic rings. The first-order valence-electron chi connectivity index (χ1n) is 12.3. The molecule has 7 heteroatoms. The molecule has 1 N–H and O–H groups in total. The number of hydrogen-bond acceptors (Lipinski definition) is 6. The van der Waals surface area contributed by atoms with Crippen molar-refractivity contribution in [2.45, 2.75) is 51.8 Å². The van der Waals surface area contributed by atoms with Gasteiger partial charge in [-0.25, -0.2) is 0 Å². The first-order chi connectivity index (χ1) is 17.5. The molecular formula is C29H29NO6. The number of aliphatic hydroxyl groups excluding tert-OH is 1. The molecule has 0 bridgehead atoms. The van der Waals surface area contributed by atoms with Gasteiger partial charge in [0.1, 0.15) is 29.1 Å². The Bertz CT molecular complexity index is 1310. The van der Waals surface area contributed by atoms with E-state index >= 15 is 0 Å². The predicted octanol–water partition coefficient (Wildman–Crippen LogP) is 5.40. The highest BCUT2D eigenvalue weighted by molar-refractivity contribution is 6.46. The van der Waals surface area contributed by atoms with Crippen LogP contribution in [0.1, 0.15) is 55.2 Å². The minimum Gasteiger partial charge on any atom is -0.507 e. The van der Waals surface area contributed by atoms with E-state index in [1.807, 2.05) is 37.3 Å². The first kappa shape index (κ1) is 23.7. The Labute approximate surface area is 209 Å². The van der Waals surface area contributed by atoms with E-state index in [2.05, 4.69) is 6.92 Å². The second-order valence-electron chi connectivity index (χ2n) is 9.24. The van der Waals surface area contributed by atoms with E-state index in [9.17, 15) is 14.7 Å². The number of likely N-dealkylation sites (tertiary alicyclic amines) is 1. The van der Waals surface area contributed by atoms with Crippen LogP contribution < -0.4 is 9.47 Å². The van der Waals surface area contributed by atoms with E-state index in [-0.39, 0.29) is 24.0 Å². The van der Waals surface area contributed by atoms with Gasteiger partial charge in [-0.3, -0.25) is 9.59 Å². The summed E-state index contributed by atoms with van der Waals surface area (Å²) in [6.45, 7) is 4.74. The summed E-state index contributed by atoms with van der Waals surface area (Å²) in [5.74, 6) is 0.333. The van der Waals surface area contributed by atoms with Crippen LogP contribution in [0, 0.1) is 0 Å². The average molecular weight is 488 g/mol. The zero-order chi connectivity index (χ0) is 25.2. The van der Waals surface area contributed by atoms with Crippen molar-refractivity contribution >= 4 is 17.4 Å². The van der Waals surface area contributed by atoms with Gasteiger partial charge in [0.2, 0.25) is 0 Å². The Balaban J connectivity index is 1.59. The molecule has 2 unspecified atom stereocenters. The van der Waals surface area contributed by atoms with E-state index < -0.39 is 17.7 Å². The summed E-state index contributed by atoms with van der Waals surface area (Å²) in [6, 6.07) is 15.4. The minimum atomic E-state index is -0.798. The Kier molecular flexibility index (Phi) is 6.55. The highest BCUT2D eigenvalue weighted by atomic mass is 16.5. The van der Waals surface area contributed by atoms with Gasteiger partial charge in [-0.1, -0.05) is 25.5 Å². The summed E-state index contributed by atoms with van der Waals surface area (Å²) in [5.41, 5.74) is 2.15. The fraction of sp³-hybridized carbons (Fsp3) is 0.310. The summed E-state index contributed by atoms with van der Waals surface area (Å²) in [4.78, 5) is 28.0. The highest BCUT2D eigenvalue weighted by Gasteiger charge is 2.46. The number of amides is 1. The lowest BCUT2D eigenvalue weighted by Gasteiger charge is -2.25. The number of rotatable bonds is 8.